The molecule has 2 amide bonds. The molecule has 4 rings (SSSR count). The molecule has 0 aliphatic heterocycles. The molecule has 1 aliphatic carbocycles. The van der Waals surface area contributed by atoms with Gasteiger partial charge in [0.15, 0.2) is 0 Å². The molecule has 42 heavy (non-hydrogen) atoms. The number of benzene rings is 3. The summed E-state index contributed by atoms with van der Waals surface area (Å²) in [6, 6.07) is 20.8. The first-order valence-electron chi connectivity index (χ1n) is 14.5. The van der Waals surface area contributed by atoms with Crippen molar-refractivity contribution in [3.05, 3.63) is 89.5 Å². The minimum atomic E-state index is -4.18. The van der Waals surface area contributed by atoms with Gasteiger partial charge in [0.1, 0.15) is 18.3 Å². The number of hydrogen-bond acceptors (Lipinski definition) is 5. The molecular formula is C33H41N3O5S. The second-order valence-electron chi connectivity index (χ2n) is 11.0. The van der Waals surface area contributed by atoms with Crippen LogP contribution in [0.3, 0.4) is 0 Å². The predicted octanol–water partition coefficient (Wildman–Crippen LogP) is 5.03. The molecule has 0 bridgehead atoms. The lowest BCUT2D eigenvalue weighted by Crippen LogP contribution is -2.53. The summed E-state index contributed by atoms with van der Waals surface area (Å²) in [4.78, 5) is 29.1. The van der Waals surface area contributed by atoms with Crippen molar-refractivity contribution >= 4 is 27.5 Å². The molecule has 1 aliphatic rings. The zero-order chi connectivity index (χ0) is 30.3. The second-order valence-corrected chi connectivity index (χ2v) is 12.9. The number of carbonyl (C=O) groups is 2. The summed E-state index contributed by atoms with van der Waals surface area (Å²) < 4.78 is 34.9. The third-order valence-corrected chi connectivity index (χ3v) is 9.62. The maximum Gasteiger partial charge on any atom is 0.264 e. The molecule has 1 atom stereocenters. The Morgan fingerprint density at radius 3 is 2.24 bits per heavy atom. The first-order chi connectivity index (χ1) is 20.1. The first-order valence-corrected chi connectivity index (χ1v) is 15.9. The van der Waals surface area contributed by atoms with Crippen molar-refractivity contribution in [3.8, 4) is 5.75 Å². The van der Waals surface area contributed by atoms with Gasteiger partial charge in [-0.15, -0.1) is 0 Å². The van der Waals surface area contributed by atoms with Crippen LogP contribution in [0, 0.1) is 13.8 Å². The fraction of sp³-hybridized carbons (Fsp3) is 0.394. The fourth-order valence-corrected chi connectivity index (χ4v) is 6.72. The lowest BCUT2D eigenvalue weighted by molar-refractivity contribution is -0.139. The Morgan fingerprint density at radius 2 is 1.60 bits per heavy atom. The monoisotopic (exact) mass is 591 g/mol. The largest absolute Gasteiger partial charge is 0.495 e. The van der Waals surface area contributed by atoms with E-state index in [1.54, 1.807) is 31.2 Å². The summed E-state index contributed by atoms with van der Waals surface area (Å²) in [6.07, 6.45) is 4.50. The van der Waals surface area contributed by atoms with Crippen LogP contribution in [-0.2, 0) is 26.0 Å². The van der Waals surface area contributed by atoms with Gasteiger partial charge in [-0.05, 0) is 75.4 Å². The summed E-state index contributed by atoms with van der Waals surface area (Å²) >= 11 is 0. The molecule has 0 radical (unpaired) electrons. The molecule has 0 saturated heterocycles. The topological polar surface area (TPSA) is 96.0 Å². The van der Waals surface area contributed by atoms with Crippen molar-refractivity contribution < 1.29 is 22.7 Å². The third-order valence-electron chi connectivity index (χ3n) is 7.84. The van der Waals surface area contributed by atoms with E-state index in [1.165, 1.54) is 24.1 Å². The zero-order valence-electron chi connectivity index (χ0n) is 24.9. The van der Waals surface area contributed by atoms with Gasteiger partial charge in [0.25, 0.3) is 10.0 Å². The van der Waals surface area contributed by atoms with Crippen LogP contribution in [0.2, 0.25) is 0 Å². The Kier molecular flexibility index (Phi) is 10.3. The Labute approximate surface area is 249 Å². The molecule has 224 valence electrons. The van der Waals surface area contributed by atoms with Crippen LogP contribution >= 0.6 is 0 Å². The van der Waals surface area contributed by atoms with Gasteiger partial charge >= 0.3 is 0 Å². The number of ether oxygens (including phenoxy) is 1. The molecule has 1 saturated carbocycles. The number of hydrogen-bond donors (Lipinski definition) is 1. The summed E-state index contributed by atoms with van der Waals surface area (Å²) in [5, 5.41) is 3.10. The van der Waals surface area contributed by atoms with Crippen molar-refractivity contribution in [1.82, 2.24) is 10.2 Å². The highest BCUT2D eigenvalue weighted by atomic mass is 32.2. The van der Waals surface area contributed by atoms with Gasteiger partial charge < -0.3 is 15.0 Å². The summed E-state index contributed by atoms with van der Waals surface area (Å²) in [5.41, 5.74) is 3.01. The Hall–Kier alpha value is -3.85. The van der Waals surface area contributed by atoms with E-state index in [0.717, 1.165) is 46.7 Å². The van der Waals surface area contributed by atoms with E-state index in [9.17, 15) is 18.0 Å². The quantitative estimate of drug-likeness (QED) is 0.319. The Bertz CT molecular complexity index is 1470. The number of rotatable bonds is 12. The number of sulfonamides is 1. The first kappa shape index (κ1) is 31.1. The van der Waals surface area contributed by atoms with Gasteiger partial charge in [-0.1, -0.05) is 66.9 Å². The highest BCUT2D eigenvalue weighted by molar-refractivity contribution is 7.92. The number of nitrogens with one attached hydrogen (secondary N) is 1. The number of anilines is 1. The van der Waals surface area contributed by atoms with E-state index < -0.39 is 28.5 Å². The molecule has 8 nitrogen and oxygen atoms in total. The molecule has 0 spiro atoms. The molecule has 0 aromatic heterocycles. The van der Waals surface area contributed by atoms with Crippen molar-refractivity contribution in [2.75, 3.05) is 24.5 Å². The van der Waals surface area contributed by atoms with Crippen LogP contribution in [0.1, 0.15) is 49.3 Å². The SMILES string of the molecule is COc1ccc(C)cc1N(CC(=O)N(CCc1ccccc1)[C@@H](C)C(=O)NC1CCCC1)S(=O)(=O)c1ccc(C)cc1. The van der Waals surface area contributed by atoms with Crippen molar-refractivity contribution in [2.45, 2.75) is 69.9 Å². The molecule has 1 fully saturated rings. The van der Waals surface area contributed by atoms with E-state index in [2.05, 4.69) is 5.32 Å². The minimum Gasteiger partial charge on any atom is -0.495 e. The normalized spacial score (nSPS) is 14.3. The smallest absolute Gasteiger partial charge is 0.264 e. The Morgan fingerprint density at radius 1 is 0.952 bits per heavy atom. The van der Waals surface area contributed by atoms with E-state index in [1.807, 2.05) is 50.2 Å². The van der Waals surface area contributed by atoms with Gasteiger partial charge in [0.2, 0.25) is 11.8 Å². The summed E-state index contributed by atoms with van der Waals surface area (Å²) in [5.74, 6) is -0.379. The molecule has 9 heteroatoms. The number of aryl methyl sites for hydroxylation is 2. The van der Waals surface area contributed by atoms with Gasteiger partial charge in [0, 0.05) is 12.6 Å². The number of amides is 2. The van der Waals surface area contributed by atoms with Crippen molar-refractivity contribution in [1.29, 1.82) is 0 Å². The van der Waals surface area contributed by atoms with Crippen molar-refractivity contribution in [2.24, 2.45) is 0 Å². The highest BCUT2D eigenvalue weighted by Crippen LogP contribution is 2.34. The number of nitrogens with zero attached hydrogens (tertiary/aromatic N) is 2. The fourth-order valence-electron chi connectivity index (χ4n) is 5.31. The second kappa shape index (κ2) is 13.9. The van der Waals surface area contributed by atoms with Gasteiger partial charge in [-0.3, -0.25) is 13.9 Å². The van der Waals surface area contributed by atoms with Crippen LogP contribution in [0.15, 0.2) is 77.7 Å². The third kappa shape index (κ3) is 7.50. The van der Waals surface area contributed by atoms with E-state index >= 15 is 0 Å². The molecule has 0 unspecified atom stereocenters. The van der Waals surface area contributed by atoms with Crippen LogP contribution in [0.4, 0.5) is 5.69 Å². The molecule has 3 aromatic carbocycles. The number of methoxy groups -OCH3 is 1. The highest BCUT2D eigenvalue weighted by Gasteiger charge is 2.34. The van der Waals surface area contributed by atoms with Gasteiger partial charge in [-0.25, -0.2) is 8.42 Å². The van der Waals surface area contributed by atoms with Crippen LogP contribution in [0.5, 0.6) is 5.75 Å². The lowest BCUT2D eigenvalue weighted by Gasteiger charge is -2.33. The van der Waals surface area contributed by atoms with Crippen LogP contribution in [0.25, 0.3) is 0 Å². The summed E-state index contributed by atoms with van der Waals surface area (Å²) in [6.45, 7) is 5.20. The summed E-state index contributed by atoms with van der Waals surface area (Å²) in [7, 11) is -2.71. The lowest BCUT2D eigenvalue weighted by atomic mass is 10.1. The van der Waals surface area contributed by atoms with Gasteiger partial charge in [0.05, 0.1) is 17.7 Å². The van der Waals surface area contributed by atoms with Crippen LogP contribution in [-0.4, -0.2) is 57.4 Å². The number of carbonyl (C=O) groups excluding carboxylic acids is 2. The maximum atomic E-state index is 14.1. The molecule has 3 aromatic rings. The molecule has 0 heterocycles. The van der Waals surface area contributed by atoms with Crippen LogP contribution < -0.4 is 14.4 Å². The van der Waals surface area contributed by atoms with E-state index in [-0.39, 0.29) is 29.1 Å². The van der Waals surface area contributed by atoms with Gasteiger partial charge in [-0.2, -0.15) is 0 Å². The standard InChI is InChI=1S/C33H41N3O5S/c1-24-14-17-29(18-15-24)42(39,40)36(30-22-25(2)16-19-31(30)41-4)23-32(37)35(21-20-27-10-6-5-7-11-27)26(3)33(38)34-28-12-8-9-13-28/h5-7,10-11,14-19,22,26,28H,8-9,12-13,20-21,23H2,1-4H3,(H,34,38)/t26-/m0/s1. The Balaban J connectivity index is 1.70. The average molecular weight is 592 g/mol. The zero-order valence-corrected chi connectivity index (χ0v) is 25.7. The average Bonchev–Trinajstić information content (AvgIpc) is 3.49. The maximum absolute atomic E-state index is 14.1. The van der Waals surface area contributed by atoms with Crippen molar-refractivity contribution in [3.63, 3.8) is 0 Å². The predicted molar refractivity (Wildman–Crippen MR) is 165 cm³/mol. The van der Waals surface area contributed by atoms with E-state index in [4.69, 9.17) is 4.74 Å². The molecule has 1 N–H and O–H groups in total. The molecular weight excluding hydrogens is 550 g/mol. The van der Waals surface area contributed by atoms with E-state index in [0.29, 0.717) is 12.2 Å². The minimum absolute atomic E-state index is 0.0623.